The van der Waals surface area contributed by atoms with E-state index in [2.05, 4.69) is 0 Å². The SMILES string of the molecule is O=S(=O)(O)N1CCCC1.c1ccccc1. The lowest BCUT2D eigenvalue weighted by Crippen LogP contribution is -2.26. The van der Waals surface area contributed by atoms with Gasteiger partial charge < -0.3 is 0 Å². The predicted molar refractivity (Wildman–Crippen MR) is 58.8 cm³/mol. The van der Waals surface area contributed by atoms with Gasteiger partial charge in [0.25, 0.3) is 0 Å². The van der Waals surface area contributed by atoms with Crippen LogP contribution in [0.25, 0.3) is 0 Å². The summed E-state index contributed by atoms with van der Waals surface area (Å²) in [6.07, 6.45) is 1.72. The first-order valence-electron chi connectivity index (χ1n) is 4.83. The Balaban J connectivity index is 0.000000162. The maximum Gasteiger partial charge on any atom is 0.335 e. The molecule has 84 valence electrons. The van der Waals surface area contributed by atoms with E-state index in [1.54, 1.807) is 0 Å². The molecule has 5 heteroatoms. The Morgan fingerprint density at radius 2 is 1.20 bits per heavy atom. The second-order valence-corrected chi connectivity index (χ2v) is 4.65. The lowest BCUT2D eigenvalue weighted by molar-refractivity contribution is 0.390. The van der Waals surface area contributed by atoms with E-state index in [-0.39, 0.29) is 0 Å². The topological polar surface area (TPSA) is 57.6 Å². The molecule has 1 fully saturated rings. The Labute approximate surface area is 90.4 Å². The summed E-state index contributed by atoms with van der Waals surface area (Å²) in [7, 11) is -3.87. The van der Waals surface area contributed by atoms with Crippen LogP contribution in [0.5, 0.6) is 0 Å². The number of rotatable bonds is 1. The lowest BCUT2D eigenvalue weighted by atomic mass is 10.4. The molecule has 1 saturated heterocycles. The molecule has 0 radical (unpaired) electrons. The molecule has 0 amide bonds. The molecule has 0 saturated carbocycles. The van der Waals surface area contributed by atoms with Crippen LogP contribution in [-0.2, 0) is 10.3 Å². The zero-order chi connectivity index (χ0) is 11.1. The third kappa shape index (κ3) is 4.92. The van der Waals surface area contributed by atoms with Crippen molar-refractivity contribution < 1.29 is 13.0 Å². The van der Waals surface area contributed by atoms with Crippen LogP contribution in [0.15, 0.2) is 36.4 Å². The quantitative estimate of drug-likeness (QED) is 0.744. The van der Waals surface area contributed by atoms with Crippen LogP contribution in [-0.4, -0.2) is 30.4 Å². The van der Waals surface area contributed by atoms with E-state index >= 15 is 0 Å². The average Bonchev–Trinajstić information content (AvgIpc) is 2.73. The van der Waals surface area contributed by atoms with Crippen molar-refractivity contribution in [3.8, 4) is 0 Å². The molecule has 2 rings (SSSR count). The molecule has 15 heavy (non-hydrogen) atoms. The second-order valence-electron chi connectivity index (χ2n) is 3.24. The van der Waals surface area contributed by atoms with Gasteiger partial charge >= 0.3 is 10.3 Å². The minimum absolute atomic E-state index is 0.471. The van der Waals surface area contributed by atoms with Gasteiger partial charge in [-0.1, -0.05) is 36.4 Å². The Hall–Kier alpha value is -0.910. The molecule has 1 aliphatic heterocycles. The molecule has 0 bridgehead atoms. The molecule has 0 aromatic heterocycles. The van der Waals surface area contributed by atoms with Gasteiger partial charge in [-0.05, 0) is 12.8 Å². The Kier molecular flexibility index (Phi) is 4.74. The molecular weight excluding hydrogens is 214 g/mol. The van der Waals surface area contributed by atoms with Crippen LogP contribution in [0.4, 0.5) is 0 Å². The van der Waals surface area contributed by atoms with E-state index in [0.29, 0.717) is 13.1 Å². The van der Waals surface area contributed by atoms with Gasteiger partial charge in [-0.15, -0.1) is 0 Å². The molecule has 1 N–H and O–H groups in total. The standard InChI is InChI=1S/C6H6.C4H9NO3S/c1-2-4-6-5-3-1;6-9(7,8)5-3-1-2-4-5/h1-6H;1-4H2,(H,6,7,8). The largest absolute Gasteiger partial charge is 0.335 e. The van der Waals surface area contributed by atoms with Crippen LogP contribution >= 0.6 is 0 Å². The minimum Gasteiger partial charge on any atom is -0.273 e. The van der Waals surface area contributed by atoms with Gasteiger partial charge in [0, 0.05) is 13.1 Å². The maximum absolute atomic E-state index is 10.3. The molecule has 1 aromatic carbocycles. The van der Waals surface area contributed by atoms with Gasteiger partial charge in [0.1, 0.15) is 0 Å². The first-order chi connectivity index (χ1) is 7.11. The molecule has 0 spiro atoms. The van der Waals surface area contributed by atoms with Crippen LogP contribution in [0.1, 0.15) is 12.8 Å². The van der Waals surface area contributed by atoms with Gasteiger partial charge in [-0.3, -0.25) is 4.55 Å². The van der Waals surface area contributed by atoms with Crippen LogP contribution in [0, 0.1) is 0 Å². The lowest BCUT2D eigenvalue weighted by Gasteiger charge is -2.07. The van der Waals surface area contributed by atoms with E-state index in [4.69, 9.17) is 4.55 Å². The van der Waals surface area contributed by atoms with Crippen molar-refractivity contribution in [2.45, 2.75) is 12.8 Å². The normalized spacial score (nSPS) is 16.9. The predicted octanol–water partition coefficient (Wildman–Crippen LogP) is 1.57. The van der Waals surface area contributed by atoms with E-state index in [1.165, 1.54) is 0 Å². The van der Waals surface area contributed by atoms with Gasteiger partial charge in [-0.25, -0.2) is 0 Å². The van der Waals surface area contributed by atoms with Crippen molar-refractivity contribution in [3.05, 3.63) is 36.4 Å². The van der Waals surface area contributed by atoms with Gasteiger partial charge in [0.15, 0.2) is 0 Å². The molecule has 0 atom stereocenters. The summed E-state index contributed by atoms with van der Waals surface area (Å²) >= 11 is 0. The molecular formula is C10H15NO3S. The van der Waals surface area contributed by atoms with Crippen molar-refractivity contribution in [2.75, 3.05) is 13.1 Å². The van der Waals surface area contributed by atoms with Crippen molar-refractivity contribution in [3.63, 3.8) is 0 Å². The van der Waals surface area contributed by atoms with E-state index in [1.807, 2.05) is 36.4 Å². The highest BCUT2D eigenvalue weighted by Gasteiger charge is 2.21. The van der Waals surface area contributed by atoms with Gasteiger partial charge in [0.05, 0.1) is 0 Å². The number of hydrogen-bond donors (Lipinski definition) is 1. The summed E-state index contributed by atoms with van der Waals surface area (Å²) in [6.45, 7) is 0.942. The third-order valence-electron chi connectivity index (χ3n) is 2.06. The molecule has 4 nitrogen and oxygen atoms in total. The summed E-state index contributed by atoms with van der Waals surface area (Å²) in [5.74, 6) is 0. The van der Waals surface area contributed by atoms with Crippen molar-refractivity contribution in [1.82, 2.24) is 4.31 Å². The van der Waals surface area contributed by atoms with Crippen molar-refractivity contribution >= 4 is 10.3 Å². The molecule has 1 heterocycles. The summed E-state index contributed by atoms with van der Waals surface area (Å²) < 4.78 is 30.1. The smallest absolute Gasteiger partial charge is 0.273 e. The highest BCUT2D eigenvalue weighted by Crippen LogP contribution is 2.10. The second kappa shape index (κ2) is 5.85. The van der Waals surface area contributed by atoms with E-state index in [9.17, 15) is 8.42 Å². The molecule has 1 aliphatic rings. The zero-order valence-electron chi connectivity index (χ0n) is 8.41. The van der Waals surface area contributed by atoms with Gasteiger partial charge in [-0.2, -0.15) is 12.7 Å². The summed E-state index contributed by atoms with van der Waals surface area (Å²) in [5.41, 5.74) is 0. The molecule has 1 aromatic rings. The first kappa shape index (κ1) is 12.2. The highest BCUT2D eigenvalue weighted by atomic mass is 32.2. The summed E-state index contributed by atoms with van der Waals surface area (Å²) in [5, 5.41) is 0. The molecule has 0 aliphatic carbocycles. The maximum atomic E-state index is 10.3. The van der Waals surface area contributed by atoms with Crippen molar-refractivity contribution in [2.24, 2.45) is 0 Å². The van der Waals surface area contributed by atoms with E-state index < -0.39 is 10.3 Å². The average molecular weight is 229 g/mol. The fourth-order valence-corrected chi connectivity index (χ4v) is 2.02. The third-order valence-corrected chi connectivity index (χ3v) is 3.08. The fraction of sp³-hybridized carbons (Fsp3) is 0.400. The van der Waals surface area contributed by atoms with Crippen LogP contribution in [0.2, 0.25) is 0 Å². The Morgan fingerprint density at radius 3 is 1.40 bits per heavy atom. The monoisotopic (exact) mass is 229 g/mol. The van der Waals surface area contributed by atoms with Crippen LogP contribution in [0.3, 0.4) is 0 Å². The summed E-state index contributed by atoms with van der Waals surface area (Å²) in [6, 6.07) is 12.0. The number of benzene rings is 1. The fourth-order valence-electron chi connectivity index (χ4n) is 1.30. The van der Waals surface area contributed by atoms with E-state index in [0.717, 1.165) is 17.1 Å². The summed E-state index contributed by atoms with van der Waals surface area (Å²) in [4.78, 5) is 0. The Bertz CT molecular complexity index is 331. The van der Waals surface area contributed by atoms with Crippen LogP contribution < -0.4 is 0 Å². The van der Waals surface area contributed by atoms with Crippen molar-refractivity contribution in [1.29, 1.82) is 0 Å². The first-order valence-corrected chi connectivity index (χ1v) is 6.23. The number of hydrogen-bond acceptors (Lipinski definition) is 2. The highest BCUT2D eigenvalue weighted by molar-refractivity contribution is 7.83. The zero-order valence-corrected chi connectivity index (χ0v) is 9.23. The van der Waals surface area contributed by atoms with Gasteiger partial charge in [0.2, 0.25) is 0 Å². The minimum atomic E-state index is -3.87. The number of nitrogens with zero attached hydrogens (tertiary/aromatic N) is 1. The Morgan fingerprint density at radius 1 is 0.867 bits per heavy atom. The molecule has 0 unspecified atom stereocenters.